The van der Waals surface area contributed by atoms with Crippen LogP contribution in [0.25, 0.3) is 11.1 Å². The van der Waals surface area contributed by atoms with Crippen molar-refractivity contribution in [2.45, 2.75) is 38.7 Å². The zero-order chi connectivity index (χ0) is 24.3. The van der Waals surface area contributed by atoms with Crippen LogP contribution in [0.2, 0.25) is 0 Å². The molecule has 0 bridgehead atoms. The molecule has 2 nitrogen and oxygen atoms in total. The van der Waals surface area contributed by atoms with E-state index in [0.717, 1.165) is 31.2 Å². The second-order valence-electron chi connectivity index (χ2n) is 7.42. The molecule has 0 unspecified atom stereocenters. The van der Waals surface area contributed by atoms with Crippen molar-refractivity contribution in [3.05, 3.63) is 82.7 Å². The highest BCUT2D eigenvalue weighted by molar-refractivity contribution is 5.72. The third-order valence-corrected chi connectivity index (χ3v) is 5.00. The normalized spacial score (nSPS) is 11.6. The molecule has 3 aromatic rings. The number of phenols is 1. The number of hydrogen-bond acceptors (Lipinski definition) is 2. The molecule has 9 heteroatoms. The minimum Gasteiger partial charge on any atom is -0.507 e. The van der Waals surface area contributed by atoms with Gasteiger partial charge in [0.25, 0.3) is 0 Å². The molecule has 0 fully saturated rings. The van der Waals surface area contributed by atoms with Gasteiger partial charge in [-0.15, -0.1) is 0 Å². The van der Waals surface area contributed by atoms with Crippen molar-refractivity contribution in [2.75, 3.05) is 0 Å². The number of alkyl halides is 2. The second-order valence-corrected chi connectivity index (χ2v) is 7.42. The number of unbranched alkanes of at least 4 members (excludes halogenated alkanes) is 2. The Kier molecular flexibility index (Phi) is 7.19. The maximum absolute atomic E-state index is 15.1. The van der Waals surface area contributed by atoms with Crippen LogP contribution in [-0.2, 0) is 12.5 Å². The van der Waals surface area contributed by atoms with Crippen LogP contribution in [0, 0.1) is 29.1 Å². The zero-order valence-corrected chi connectivity index (χ0v) is 17.4. The number of hydrogen-bond donors (Lipinski definition) is 1. The summed E-state index contributed by atoms with van der Waals surface area (Å²) < 4.78 is 103. The highest BCUT2D eigenvalue weighted by Gasteiger charge is 2.43. The van der Waals surface area contributed by atoms with Crippen LogP contribution < -0.4 is 4.74 Å². The molecule has 0 aliphatic carbocycles. The summed E-state index contributed by atoms with van der Waals surface area (Å²) in [6, 6.07) is 6.56. The molecule has 0 aromatic heterocycles. The van der Waals surface area contributed by atoms with Crippen molar-refractivity contribution < 1.29 is 40.6 Å². The van der Waals surface area contributed by atoms with Gasteiger partial charge in [0.15, 0.2) is 23.3 Å². The summed E-state index contributed by atoms with van der Waals surface area (Å²) in [5.74, 6) is -11.4. The van der Waals surface area contributed by atoms with E-state index in [1.165, 1.54) is 12.1 Å². The summed E-state index contributed by atoms with van der Waals surface area (Å²) in [5, 5.41) is 10.0. The van der Waals surface area contributed by atoms with Gasteiger partial charge in [-0.1, -0.05) is 44.0 Å². The minimum absolute atomic E-state index is 0.000151. The molecule has 0 heterocycles. The Hall–Kier alpha value is -3.23. The number of aromatic hydroxyl groups is 1. The molecule has 176 valence electrons. The average Bonchev–Trinajstić information content (AvgIpc) is 2.72. The molecule has 0 spiro atoms. The number of aryl methyl sites for hydroxylation is 1. The fourth-order valence-corrected chi connectivity index (χ4v) is 3.36. The highest BCUT2D eigenvalue weighted by Crippen LogP contribution is 2.42. The van der Waals surface area contributed by atoms with Gasteiger partial charge in [0.1, 0.15) is 22.9 Å². The number of benzene rings is 3. The van der Waals surface area contributed by atoms with Crippen LogP contribution in [0.5, 0.6) is 11.5 Å². The Morgan fingerprint density at radius 1 is 0.818 bits per heavy atom. The van der Waals surface area contributed by atoms with Crippen molar-refractivity contribution in [1.29, 1.82) is 0 Å². The van der Waals surface area contributed by atoms with E-state index in [0.29, 0.717) is 0 Å². The minimum atomic E-state index is -4.76. The molecule has 0 saturated carbocycles. The first-order chi connectivity index (χ1) is 15.5. The SMILES string of the molecule is CCCCCc1ccc(-c2c(O)cc(F)c(C(F)(F)Oc3cc(F)c(F)c(F)c3)c2F)cc1. The topological polar surface area (TPSA) is 29.5 Å². The lowest BCUT2D eigenvalue weighted by molar-refractivity contribution is -0.189. The van der Waals surface area contributed by atoms with Crippen molar-refractivity contribution >= 4 is 0 Å². The molecule has 0 saturated heterocycles. The first-order valence-electron chi connectivity index (χ1n) is 10.1. The van der Waals surface area contributed by atoms with Crippen LogP contribution >= 0.6 is 0 Å². The predicted molar refractivity (Wildman–Crippen MR) is 108 cm³/mol. The maximum Gasteiger partial charge on any atom is 0.432 e. The third kappa shape index (κ3) is 5.23. The van der Waals surface area contributed by atoms with E-state index in [-0.39, 0.29) is 23.8 Å². The molecule has 3 aromatic carbocycles. The molecule has 33 heavy (non-hydrogen) atoms. The van der Waals surface area contributed by atoms with Gasteiger partial charge in [-0.3, -0.25) is 0 Å². The van der Waals surface area contributed by atoms with Gasteiger partial charge < -0.3 is 9.84 Å². The maximum atomic E-state index is 15.1. The van der Waals surface area contributed by atoms with Crippen LogP contribution in [0.15, 0.2) is 42.5 Å². The molecule has 1 N–H and O–H groups in total. The lowest BCUT2D eigenvalue weighted by atomic mass is 9.97. The summed E-state index contributed by atoms with van der Waals surface area (Å²) in [6.07, 6.45) is -1.07. The summed E-state index contributed by atoms with van der Waals surface area (Å²) in [6.45, 7) is 2.04. The number of rotatable bonds is 8. The van der Waals surface area contributed by atoms with Crippen LogP contribution in [0.3, 0.4) is 0 Å². The van der Waals surface area contributed by atoms with Crippen LogP contribution in [0.1, 0.15) is 37.3 Å². The number of ether oxygens (including phenoxy) is 1. The quantitative estimate of drug-likeness (QED) is 0.208. The second kappa shape index (κ2) is 9.72. The predicted octanol–water partition coefficient (Wildman–Crippen LogP) is 7.62. The molecule has 0 aliphatic rings. The number of halogens is 7. The molecule has 0 aliphatic heterocycles. The summed E-state index contributed by atoms with van der Waals surface area (Å²) in [5.41, 5.74) is -1.68. The summed E-state index contributed by atoms with van der Waals surface area (Å²) in [4.78, 5) is 0. The van der Waals surface area contributed by atoms with Gasteiger partial charge in [0.2, 0.25) is 0 Å². The molecule has 0 radical (unpaired) electrons. The van der Waals surface area contributed by atoms with Crippen LogP contribution in [0.4, 0.5) is 30.7 Å². The monoisotopic (exact) mass is 472 g/mol. The van der Waals surface area contributed by atoms with E-state index in [1.807, 2.05) is 6.92 Å². The van der Waals surface area contributed by atoms with E-state index < -0.39 is 57.8 Å². The smallest absolute Gasteiger partial charge is 0.432 e. The number of phenolic OH excluding ortho intramolecular Hbond substituents is 1. The van der Waals surface area contributed by atoms with E-state index in [2.05, 4.69) is 4.74 Å². The Morgan fingerprint density at radius 2 is 1.42 bits per heavy atom. The van der Waals surface area contributed by atoms with E-state index in [9.17, 15) is 31.4 Å². The third-order valence-electron chi connectivity index (χ3n) is 5.00. The molecular formula is C24H19F7O2. The first-order valence-corrected chi connectivity index (χ1v) is 10.1. The van der Waals surface area contributed by atoms with E-state index in [4.69, 9.17) is 0 Å². The molecule has 0 atom stereocenters. The zero-order valence-electron chi connectivity index (χ0n) is 17.4. The van der Waals surface area contributed by atoms with Gasteiger partial charge in [0.05, 0.1) is 5.56 Å². The van der Waals surface area contributed by atoms with E-state index in [1.54, 1.807) is 12.1 Å². The Labute approximate surface area is 185 Å². The Morgan fingerprint density at radius 3 is 2.00 bits per heavy atom. The molecule has 0 amide bonds. The largest absolute Gasteiger partial charge is 0.507 e. The highest BCUT2D eigenvalue weighted by atomic mass is 19.3. The Bertz CT molecular complexity index is 1120. The molecule has 3 rings (SSSR count). The van der Waals surface area contributed by atoms with Crippen molar-refractivity contribution in [3.63, 3.8) is 0 Å². The van der Waals surface area contributed by atoms with Gasteiger partial charge in [-0.2, -0.15) is 8.78 Å². The van der Waals surface area contributed by atoms with Gasteiger partial charge in [0, 0.05) is 18.2 Å². The standard InChI is InChI=1S/C24H19F7O2/c1-2-3-4-5-13-6-8-14(9-7-13)20-19(32)12-16(25)21(23(20)29)24(30,31)33-15-10-17(26)22(28)18(27)11-15/h6-12,32H,2-5H2,1H3. The van der Waals surface area contributed by atoms with Gasteiger partial charge in [-0.25, -0.2) is 22.0 Å². The first kappa shape index (κ1) is 24.4. The van der Waals surface area contributed by atoms with Crippen LogP contribution in [-0.4, -0.2) is 5.11 Å². The fourth-order valence-electron chi connectivity index (χ4n) is 3.36. The van der Waals surface area contributed by atoms with Crippen molar-refractivity contribution in [3.8, 4) is 22.6 Å². The van der Waals surface area contributed by atoms with Gasteiger partial charge in [-0.05, 0) is 24.0 Å². The van der Waals surface area contributed by atoms with Crippen molar-refractivity contribution in [1.82, 2.24) is 0 Å². The fraction of sp³-hybridized carbons (Fsp3) is 0.250. The summed E-state index contributed by atoms with van der Waals surface area (Å²) in [7, 11) is 0. The lowest BCUT2D eigenvalue weighted by Gasteiger charge is -2.21. The Balaban J connectivity index is 1.99. The lowest BCUT2D eigenvalue weighted by Crippen LogP contribution is -2.25. The van der Waals surface area contributed by atoms with Crippen molar-refractivity contribution in [2.24, 2.45) is 0 Å². The molecular weight excluding hydrogens is 453 g/mol. The van der Waals surface area contributed by atoms with Gasteiger partial charge >= 0.3 is 6.11 Å². The average molecular weight is 472 g/mol. The summed E-state index contributed by atoms with van der Waals surface area (Å²) >= 11 is 0. The van der Waals surface area contributed by atoms with E-state index >= 15 is 4.39 Å².